The third kappa shape index (κ3) is 2.22. The van der Waals surface area contributed by atoms with Gasteiger partial charge in [-0.05, 0) is 0 Å². The van der Waals surface area contributed by atoms with E-state index in [1.807, 2.05) is 0 Å². The van der Waals surface area contributed by atoms with Gasteiger partial charge in [0.2, 0.25) is 0 Å². The van der Waals surface area contributed by atoms with Crippen LogP contribution in [0.1, 0.15) is 16.2 Å². The van der Waals surface area contributed by atoms with E-state index in [4.69, 9.17) is 5.73 Å². The zero-order valence-corrected chi connectivity index (χ0v) is 7.69. The van der Waals surface area contributed by atoms with Gasteiger partial charge in [0.25, 0.3) is 5.91 Å². The lowest BCUT2D eigenvalue weighted by molar-refractivity contribution is 0.0821. The second-order valence-electron chi connectivity index (χ2n) is 2.80. The predicted molar refractivity (Wildman–Crippen MR) is 47.9 cm³/mol. The molecule has 0 saturated carbocycles. The molecule has 5 heteroatoms. The van der Waals surface area contributed by atoms with Crippen molar-refractivity contribution in [3.63, 3.8) is 0 Å². The van der Waals surface area contributed by atoms with Crippen molar-refractivity contribution >= 4 is 5.91 Å². The zero-order chi connectivity index (χ0) is 9.84. The molecular formula is C8H12N4O. The molecule has 2 N–H and O–H groups in total. The number of aromatic nitrogens is 2. The van der Waals surface area contributed by atoms with Crippen molar-refractivity contribution in [1.82, 2.24) is 14.9 Å². The highest BCUT2D eigenvalue weighted by atomic mass is 16.2. The molecule has 0 fully saturated rings. The van der Waals surface area contributed by atoms with E-state index in [1.165, 1.54) is 17.3 Å². The predicted octanol–water partition coefficient (Wildman–Crippen LogP) is -0.363. The summed E-state index contributed by atoms with van der Waals surface area (Å²) in [5.74, 6) is -0.156. The van der Waals surface area contributed by atoms with Crippen LogP contribution in [0.4, 0.5) is 0 Å². The van der Waals surface area contributed by atoms with Crippen molar-refractivity contribution in [2.24, 2.45) is 5.73 Å². The summed E-state index contributed by atoms with van der Waals surface area (Å²) in [6.45, 7) is 0.337. The van der Waals surface area contributed by atoms with E-state index < -0.39 is 0 Å². The maximum atomic E-state index is 11.3. The number of carbonyl (C=O) groups excluding carboxylic acids is 1. The van der Waals surface area contributed by atoms with E-state index in [2.05, 4.69) is 9.97 Å². The van der Waals surface area contributed by atoms with Crippen LogP contribution in [0.2, 0.25) is 0 Å². The fourth-order valence-corrected chi connectivity index (χ4v) is 0.800. The number of nitrogens with zero attached hydrogens (tertiary/aromatic N) is 3. The van der Waals surface area contributed by atoms with Crippen LogP contribution >= 0.6 is 0 Å². The minimum atomic E-state index is -0.156. The largest absolute Gasteiger partial charge is 0.343 e. The zero-order valence-electron chi connectivity index (χ0n) is 7.69. The Balaban J connectivity index is 2.86. The van der Waals surface area contributed by atoms with Crippen LogP contribution in [-0.4, -0.2) is 34.9 Å². The molecule has 0 spiro atoms. The highest BCUT2D eigenvalue weighted by Crippen LogP contribution is 1.97. The van der Waals surface area contributed by atoms with Crippen LogP contribution in [0.3, 0.4) is 0 Å². The Morgan fingerprint density at radius 3 is 2.54 bits per heavy atom. The van der Waals surface area contributed by atoms with E-state index in [1.54, 1.807) is 14.1 Å². The molecule has 0 saturated heterocycles. The Kier molecular flexibility index (Phi) is 2.92. The molecule has 1 aromatic heterocycles. The first-order chi connectivity index (χ1) is 6.15. The quantitative estimate of drug-likeness (QED) is 0.674. The lowest BCUT2D eigenvalue weighted by Crippen LogP contribution is -2.23. The molecule has 0 atom stereocenters. The summed E-state index contributed by atoms with van der Waals surface area (Å²) >= 11 is 0. The topological polar surface area (TPSA) is 72.1 Å². The molecule has 1 heterocycles. The fraction of sp³-hybridized carbons (Fsp3) is 0.375. The number of hydrogen-bond acceptors (Lipinski definition) is 4. The summed E-state index contributed by atoms with van der Waals surface area (Å²) in [5.41, 5.74) is 6.35. The molecule has 0 unspecified atom stereocenters. The lowest BCUT2D eigenvalue weighted by atomic mass is 10.4. The minimum Gasteiger partial charge on any atom is -0.343 e. The Morgan fingerprint density at radius 1 is 1.46 bits per heavy atom. The number of hydrogen-bond donors (Lipinski definition) is 1. The van der Waals surface area contributed by atoms with Crippen LogP contribution in [0, 0.1) is 0 Å². The third-order valence-corrected chi connectivity index (χ3v) is 1.54. The third-order valence-electron chi connectivity index (χ3n) is 1.54. The summed E-state index contributed by atoms with van der Waals surface area (Å²) in [5, 5.41) is 0. The van der Waals surface area contributed by atoms with Crippen LogP contribution in [-0.2, 0) is 6.54 Å². The Hall–Kier alpha value is -1.49. The van der Waals surface area contributed by atoms with Crippen LogP contribution in [0.5, 0.6) is 0 Å². The standard InChI is InChI=1S/C8H12N4O/c1-12(2)8(13)7-5-10-6(3-9)4-11-7/h4-5H,3,9H2,1-2H3. The summed E-state index contributed by atoms with van der Waals surface area (Å²) < 4.78 is 0. The first-order valence-corrected chi connectivity index (χ1v) is 3.87. The number of amides is 1. The molecule has 0 aromatic carbocycles. The summed E-state index contributed by atoms with van der Waals surface area (Å²) in [6, 6.07) is 0. The first-order valence-electron chi connectivity index (χ1n) is 3.87. The molecule has 13 heavy (non-hydrogen) atoms. The molecular weight excluding hydrogens is 168 g/mol. The first kappa shape index (κ1) is 9.60. The smallest absolute Gasteiger partial charge is 0.273 e. The highest BCUT2D eigenvalue weighted by molar-refractivity contribution is 5.91. The van der Waals surface area contributed by atoms with Crippen molar-refractivity contribution in [1.29, 1.82) is 0 Å². The summed E-state index contributed by atoms with van der Waals surface area (Å²) in [7, 11) is 3.34. The van der Waals surface area contributed by atoms with Gasteiger partial charge in [-0.1, -0.05) is 0 Å². The Labute approximate surface area is 76.6 Å². The van der Waals surface area contributed by atoms with Crippen LogP contribution in [0.25, 0.3) is 0 Å². The Bertz CT molecular complexity index is 294. The van der Waals surface area contributed by atoms with Gasteiger partial charge >= 0.3 is 0 Å². The van der Waals surface area contributed by atoms with Crippen molar-refractivity contribution in [2.75, 3.05) is 14.1 Å². The molecule has 0 radical (unpaired) electrons. The van der Waals surface area contributed by atoms with E-state index in [0.717, 1.165) is 0 Å². The molecule has 5 nitrogen and oxygen atoms in total. The summed E-state index contributed by atoms with van der Waals surface area (Å²) in [4.78, 5) is 20.7. The van der Waals surface area contributed by atoms with Gasteiger partial charge in [-0.2, -0.15) is 0 Å². The maximum absolute atomic E-state index is 11.3. The number of carbonyl (C=O) groups is 1. The molecule has 0 aliphatic rings. The van der Waals surface area contributed by atoms with Gasteiger partial charge in [0, 0.05) is 20.6 Å². The molecule has 1 aromatic rings. The molecule has 0 aliphatic carbocycles. The number of rotatable bonds is 2. The van der Waals surface area contributed by atoms with Gasteiger partial charge in [0.15, 0.2) is 0 Å². The van der Waals surface area contributed by atoms with E-state index in [0.29, 0.717) is 17.9 Å². The van der Waals surface area contributed by atoms with Crippen LogP contribution in [0.15, 0.2) is 12.4 Å². The van der Waals surface area contributed by atoms with Gasteiger partial charge < -0.3 is 10.6 Å². The van der Waals surface area contributed by atoms with Gasteiger partial charge in [0.1, 0.15) is 5.69 Å². The van der Waals surface area contributed by atoms with E-state index in [-0.39, 0.29) is 5.91 Å². The van der Waals surface area contributed by atoms with E-state index in [9.17, 15) is 4.79 Å². The van der Waals surface area contributed by atoms with Crippen molar-refractivity contribution < 1.29 is 4.79 Å². The second kappa shape index (κ2) is 3.95. The SMILES string of the molecule is CN(C)C(=O)c1cnc(CN)cn1. The summed E-state index contributed by atoms with van der Waals surface area (Å²) in [6.07, 6.45) is 2.95. The van der Waals surface area contributed by atoms with Crippen molar-refractivity contribution in [3.05, 3.63) is 23.8 Å². The van der Waals surface area contributed by atoms with Crippen molar-refractivity contribution in [2.45, 2.75) is 6.54 Å². The molecule has 1 rings (SSSR count). The molecule has 1 amide bonds. The average molecular weight is 180 g/mol. The maximum Gasteiger partial charge on any atom is 0.273 e. The van der Waals surface area contributed by atoms with Gasteiger partial charge in [-0.25, -0.2) is 4.98 Å². The van der Waals surface area contributed by atoms with Crippen molar-refractivity contribution in [3.8, 4) is 0 Å². The molecule has 0 bridgehead atoms. The minimum absolute atomic E-state index is 0.156. The van der Waals surface area contributed by atoms with Gasteiger partial charge in [-0.15, -0.1) is 0 Å². The van der Waals surface area contributed by atoms with Crippen LogP contribution < -0.4 is 5.73 Å². The Morgan fingerprint density at radius 2 is 2.15 bits per heavy atom. The van der Waals surface area contributed by atoms with E-state index >= 15 is 0 Å². The van der Waals surface area contributed by atoms with Gasteiger partial charge in [0.05, 0.1) is 18.1 Å². The fourth-order valence-electron chi connectivity index (χ4n) is 0.800. The highest BCUT2D eigenvalue weighted by Gasteiger charge is 2.08. The number of nitrogens with two attached hydrogens (primary N) is 1. The average Bonchev–Trinajstić information content (AvgIpc) is 2.17. The van der Waals surface area contributed by atoms with Gasteiger partial charge in [-0.3, -0.25) is 9.78 Å². The normalized spacial score (nSPS) is 9.77. The monoisotopic (exact) mass is 180 g/mol. The lowest BCUT2D eigenvalue weighted by Gasteiger charge is -2.08. The molecule has 70 valence electrons. The molecule has 0 aliphatic heterocycles. The second-order valence-corrected chi connectivity index (χ2v) is 2.80.